The second-order valence-corrected chi connectivity index (χ2v) is 6.79. The molecule has 1 N–H and O–H groups in total. The zero-order chi connectivity index (χ0) is 13.7. The fourth-order valence-electron chi connectivity index (χ4n) is 2.82. The first-order valence-corrected chi connectivity index (χ1v) is 8.34. The van der Waals surface area contributed by atoms with E-state index in [4.69, 9.17) is 0 Å². The second-order valence-electron chi connectivity index (χ2n) is 5.22. The Balaban J connectivity index is 1.91. The zero-order valence-electron chi connectivity index (χ0n) is 11.5. The first kappa shape index (κ1) is 14.7. The third-order valence-electron chi connectivity index (χ3n) is 3.95. The van der Waals surface area contributed by atoms with Gasteiger partial charge in [-0.3, -0.25) is 9.11 Å². The van der Waals surface area contributed by atoms with Gasteiger partial charge in [0.1, 0.15) is 0 Å². The molecule has 3 nitrogen and oxygen atoms in total. The number of rotatable bonds is 5. The number of hydrogen-bond acceptors (Lipinski definition) is 3. The van der Waals surface area contributed by atoms with Crippen molar-refractivity contribution in [1.29, 1.82) is 0 Å². The monoisotopic (exact) mass is 281 g/mol. The molecule has 0 spiro atoms. The van der Waals surface area contributed by atoms with Crippen LogP contribution in [0.3, 0.4) is 0 Å². The van der Waals surface area contributed by atoms with Crippen molar-refractivity contribution in [2.24, 2.45) is 0 Å². The molecular weight excluding hydrogens is 258 g/mol. The van der Waals surface area contributed by atoms with Gasteiger partial charge in [-0.15, -0.1) is 0 Å². The normalized spacial score (nSPS) is 26.2. The maximum absolute atomic E-state index is 12.2. The van der Waals surface area contributed by atoms with E-state index in [1.165, 1.54) is 12.8 Å². The van der Waals surface area contributed by atoms with Crippen molar-refractivity contribution in [3.8, 4) is 0 Å². The SMILES string of the molecule is CC1CCCC(CO)N1CCS(=O)c1ccccc1. The quantitative estimate of drug-likeness (QED) is 0.898. The van der Waals surface area contributed by atoms with Gasteiger partial charge in [-0.25, -0.2) is 0 Å². The highest BCUT2D eigenvalue weighted by molar-refractivity contribution is 7.85. The molecule has 1 aliphatic rings. The van der Waals surface area contributed by atoms with Crippen LogP contribution in [0, 0.1) is 0 Å². The lowest BCUT2D eigenvalue weighted by atomic mass is 9.97. The summed E-state index contributed by atoms with van der Waals surface area (Å²) in [7, 11) is -0.940. The standard InChI is InChI=1S/C15H23NO2S/c1-13-6-5-7-14(12-17)16(13)10-11-19(18)15-8-3-2-4-9-15/h2-4,8-9,13-14,17H,5-7,10-12H2,1H3. The van der Waals surface area contributed by atoms with Crippen molar-refractivity contribution in [3.63, 3.8) is 0 Å². The number of nitrogens with zero attached hydrogens (tertiary/aromatic N) is 1. The predicted octanol–water partition coefficient (Wildman–Crippen LogP) is 2.03. The highest BCUT2D eigenvalue weighted by Gasteiger charge is 2.27. The number of piperidine rings is 1. The van der Waals surface area contributed by atoms with E-state index in [2.05, 4.69) is 11.8 Å². The molecule has 1 aromatic carbocycles. The predicted molar refractivity (Wildman–Crippen MR) is 78.6 cm³/mol. The summed E-state index contributed by atoms with van der Waals surface area (Å²) >= 11 is 0. The van der Waals surface area contributed by atoms with E-state index in [1.54, 1.807) is 0 Å². The molecule has 0 bridgehead atoms. The summed E-state index contributed by atoms with van der Waals surface area (Å²) < 4.78 is 12.2. The Labute approximate surface area is 118 Å². The van der Waals surface area contributed by atoms with Crippen molar-refractivity contribution in [2.45, 2.75) is 43.2 Å². The maximum Gasteiger partial charge on any atom is 0.0586 e. The third-order valence-corrected chi connectivity index (χ3v) is 5.30. The van der Waals surface area contributed by atoms with E-state index in [0.29, 0.717) is 11.8 Å². The van der Waals surface area contributed by atoms with E-state index >= 15 is 0 Å². The van der Waals surface area contributed by atoms with E-state index in [-0.39, 0.29) is 12.6 Å². The van der Waals surface area contributed by atoms with Gasteiger partial charge in [-0.2, -0.15) is 0 Å². The fourth-order valence-corrected chi connectivity index (χ4v) is 3.89. The van der Waals surface area contributed by atoms with Crippen LogP contribution in [-0.4, -0.2) is 45.2 Å². The van der Waals surface area contributed by atoms with Crippen LogP contribution >= 0.6 is 0 Å². The van der Waals surface area contributed by atoms with Gasteiger partial charge in [-0.1, -0.05) is 24.6 Å². The molecule has 3 unspecified atom stereocenters. The first-order valence-electron chi connectivity index (χ1n) is 7.02. The molecule has 0 aliphatic carbocycles. The van der Waals surface area contributed by atoms with Gasteiger partial charge in [0.15, 0.2) is 0 Å². The molecule has 0 radical (unpaired) electrons. The molecule has 0 amide bonds. The molecule has 2 rings (SSSR count). The van der Waals surface area contributed by atoms with Crippen molar-refractivity contribution < 1.29 is 9.32 Å². The van der Waals surface area contributed by atoms with Gasteiger partial charge in [0.2, 0.25) is 0 Å². The number of aliphatic hydroxyl groups excluding tert-OH is 1. The summed E-state index contributed by atoms with van der Waals surface area (Å²) in [5, 5.41) is 9.44. The summed E-state index contributed by atoms with van der Waals surface area (Å²) in [6.45, 7) is 3.21. The molecule has 1 aliphatic heterocycles. The van der Waals surface area contributed by atoms with Crippen LogP contribution in [0.1, 0.15) is 26.2 Å². The van der Waals surface area contributed by atoms with Gasteiger partial charge in [0, 0.05) is 29.3 Å². The minimum absolute atomic E-state index is 0.211. The lowest BCUT2D eigenvalue weighted by molar-refractivity contribution is 0.0576. The number of benzene rings is 1. The van der Waals surface area contributed by atoms with Crippen molar-refractivity contribution >= 4 is 10.8 Å². The molecule has 106 valence electrons. The molecule has 0 aromatic heterocycles. The second kappa shape index (κ2) is 7.17. The number of hydrogen-bond donors (Lipinski definition) is 1. The summed E-state index contributed by atoms with van der Waals surface area (Å²) in [4.78, 5) is 3.22. The molecule has 1 heterocycles. The van der Waals surface area contributed by atoms with Crippen LogP contribution in [0.4, 0.5) is 0 Å². The highest BCUT2D eigenvalue weighted by Crippen LogP contribution is 2.22. The molecule has 1 fully saturated rings. The van der Waals surface area contributed by atoms with Crippen LogP contribution < -0.4 is 0 Å². The average molecular weight is 281 g/mol. The van der Waals surface area contributed by atoms with Gasteiger partial charge in [0.05, 0.1) is 17.4 Å². The van der Waals surface area contributed by atoms with Gasteiger partial charge in [-0.05, 0) is 31.9 Å². The summed E-state index contributed by atoms with van der Waals surface area (Å²) in [6, 6.07) is 10.4. The molecule has 19 heavy (non-hydrogen) atoms. The van der Waals surface area contributed by atoms with Gasteiger partial charge < -0.3 is 5.11 Å². The molecular formula is C15H23NO2S. The minimum atomic E-state index is -0.940. The maximum atomic E-state index is 12.2. The fraction of sp³-hybridized carbons (Fsp3) is 0.600. The molecule has 0 saturated carbocycles. The Bertz CT molecular complexity index is 410. The van der Waals surface area contributed by atoms with Crippen molar-refractivity contribution in [2.75, 3.05) is 18.9 Å². The summed E-state index contributed by atoms with van der Waals surface area (Å²) in [5.41, 5.74) is 0. The van der Waals surface area contributed by atoms with Gasteiger partial charge >= 0.3 is 0 Å². The highest BCUT2D eigenvalue weighted by atomic mass is 32.2. The first-order chi connectivity index (χ1) is 9.22. The smallest absolute Gasteiger partial charge is 0.0586 e. The van der Waals surface area contributed by atoms with Crippen LogP contribution in [-0.2, 0) is 10.8 Å². The number of aliphatic hydroxyl groups is 1. The topological polar surface area (TPSA) is 40.5 Å². The zero-order valence-corrected chi connectivity index (χ0v) is 12.3. The Hall–Kier alpha value is -0.710. The molecule has 3 atom stereocenters. The minimum Gasteiger partial charge on any atom is -0.395 e. The summed E-state index contributed by atoms with van der Waals surface area (Å²) in [5.74, 6) is 0.644. The lowest BCUT2D eigenvalue weighted by Crippen LogP contribution is -2.48. The Morgan fingerprint density at radius 2 is 2.05 bits per heavy atom. The average Bonchev–Trinajstić information content (AvgIpc) is 2.46. The van der Waals surface area contributed by atoms with E-state index in [9.17, 15) is 9.32 Å². The largest absolute Gasteiger partial charge is 0.395 e. The Kier molecular flexibility index (Phi) is 5.55. The lowest BCUT2D eigenvalue weighted by Gasteiger charge is -2.39. The van der Waals surface area contributed by atoms with Crippen LogP contribution in [0.15, 0.2) is 35.2 Å². The molecule has 4 heteroatoms. The third kappa shape index (κ3) is 3.88. The van der Waals surface area contributed by atoms with E-state index in [0.717, 1.165) is 17.9 Å². The van der Waals surface area contributed by atoms with E-state index in [1.807, 2.05) is 30.3 Å². The Morgan fingerprint density at radius 1 is 1.32 bits per heavy atom. The summed E-state index contributed by atoms with van der Waals surface area (Å²) in [6.07, 6.45) is 3.41. The van der Waals surface area contributed by atoms with Crippen molar-refractivity contribution in [1.82, 2.24) is 4.90 Å². The van der Waals surface area contributed by atoms with Crippen LogP contribution in [0.2, 0.25) is 0 Å². The van der Waals surface area contributed by atoms with Crippen LogP contribution in [0.25, 0.3) is 0 Å². The number of likely N-dealkylation sites (tertiary alicyclic amines) is 1. The van der Waals surface area contributed by atoms with Crippen LogP contribution in [0.5, 0.6) is 0 Å². The molecule has 1 saturated heterocycles. The van der Waals surface area contributed by atoms with E-state index < -0.39 is 10.8 Å². The molecule has 1 aromatic rings. The van der Waals surface area contributed by atoms with Crippen molar-refractivity contribution in [3.05, 3.63) is 30.3 Å². The van der Waals surface area contributed by atoms with Gasteiger partial charge in [0.25, 0.3) is 0 Å². The Morgan fingerprint density at radius 3 is 2.74 bits per heavy atom.